The Morgan fingerprint density at radius 3 is 2.12 bits per heavy atom. The fourth-order valence-corrected chi connectivity index (χ4v) is 1.82. The average Bonchev–Trinajstić information content (AvgIpc) is 2.29. The van der Waals surface area contributed by atoms with Crippen molar-refractivity contribution in [1.82, 2.24) is 4.90 Å². The van der Waals surface area contributed by atoms with Gasteiger partial charge >= 0.3 is 0 Å². The summed E-state index contributed by atoms with van der Waals surface area (Å²) in [5, 5.41) is 0. The van der Waals surface area contributed by atoms with E-state index in [1.165, 1.54) is 11.3 Å². The molecule has 3 heteroatoms. The van der Waals surface area contributed by atoms with Gasteiger partial charge in [0.1, 0.15) is 0 Å². The normalized spacial score (nSPS) is 11.2. The molecule has 96 valence electrons. The van der Waals surface area contributed by atoms with Crippen molar-refractivity contribution in [3.05, 3.63) is 29.8 Å². The third kappa shape index (κ3) is 4.36. The van der Waals surface area contributed by atoms with Crippen LogP contribution in [0.1, 0.15) is 19.4 Å². The summed E-state index contributed by atoms with van der Waals surface area (Å²) in [6, 6.07) is 9.25. The topological polar surface area (TPSA) is 32.5 Å². The molecule has 0 saturated heterocycles. The number of rotatable bonds is 6. The summed E-state index contributed by atoms with van der Waals surface area (Å²) in [5.41, 5.74) is 8.22. The standard InChI is InChI=1S/C14H25N3/c1-12(2)17(10-9-15)11-13-5-7-14(8-6-13)16(3)4/h5-8,12H,9-11,15H2,1-4H3. The summed E-state index contributed by atoms with van der Waals surface area (Å²) < 4.78 is 0. The highest BCUT2D eigenvalue weighted by molar-refractivity contribution is 5.45. The van der Waals surface area contributed by atoms with Gasteiger partial charge in [0.25, 0.3) is 0 Å². The second-order valence-corrected chi connectivity index (χ2v) is 4.91. The van der Waals surface area contributed by atoms with Crippen LogP contribution in [0.2, 0.25) is 0 Å². The van der Waals surface area contributed by atoms with E-state index in [4.69, 9.17) is 5.73 Å². The zero-order chi connectivity index (χ0) is 12.8. The molecule has 2 N–H and O–H groups in total. The summed E-state index contributed by atoms with van der Waals surface area (Å²) in [6.45, 7) is 7.07. The highest BCUT2D eigenvalue weighted by Gasteiger charge is 2.08. The quantitative estimate of drug-likeness (QED) is 0.817. The van der Waals surface area contributed by atoms with Gasteiger partial charge in [-0.3, -0.25) is 4.90 Å². The van der Waals surface area contributed by atoms with Crippen molar-refractivity contribution >= 4 is 5.69 Å². The lowest BCUT2D eigenvalue weighted by atomic mass is 10.1. The molecular formula is C14H25N3. The molecule has 0 spiro atoms. The van der Waals surface area contributed by atoms with Crippen molar-refractivity contribution in [1.29, 1.82) is 0 Å². The maximum absolute atomic E-state index is 5.64. The molecule has 1 aromatic rings. The van der Waals surface area contributed by atoms with Crippen LogP contribution in [0.25, 0.3) is 0 Å². The second kappa shape index (κ2) is 6.62. The molecule has 0 fully saturated rings. The Morgan fingerprint density at radius 1 is 1.12 bits per heavy atom. The molecule has 0 atom stereocenters. The minimum absolute atomic E-state index is 0.534. The first kappa shape index (κ1) is 14.0. The second-order valence-electron chi connectivity index (χ2n) is 4.91. The van der Waals surface area contributed by atoms with Crippen LogP contribution in [0.15, 0.2) is 24.3 Å². The Morgan fingerprint density at radius 2 is 1.71 bits per heavy atom. The lowest BCUT2D eigenvalue weighted by Gasteiger charge is -2.26. The highest BCUT2D eigenvalue weighted by Crippen LogP contribution is 2.14. The van der Waals surface area contributed by atoms with Crippen molar-refractivity contribution in [2.75, 3.05) is 32.1 Å². The fraction of sp³-hybridized carbons (Fsp3) is 0.571. The molecule has 1 rings (SSSR count). The average molecular weight is 235 g/mol. The van der Waals surface area contributed by atoms with Crippen molar-refractivity contribution < 1.29 is 0 Å². The van der Waals surface area contributed by atoms with Gasteiger partial charge in [-0.05, 0) is 31.5 Å². The lowest BCUT2D eigenvalue weighted by molar-refractivity contribution is 0.219. The van der Waals surface area contributed by atoms with Crippen molar-refractivity contribution in [3.8, 4) is 0 Å². The van der Waals surface area contributed by atoms with Gasteiger partial charge in [-0.1, -0.05) is 12.1 Å². The van der Waals surface area contributed by atoms with Crippen LogP contribution >= 0.6 is 0 Å². The number of nitrogens with two attached hydrogens (primary N) is 1. The molecule has 3 nitrogen and oxygen atoms in total. The summed E-state index contributed by atoms with van der Waals surface area (Å²) in [5.74, 6) is 0. The maximum atomic E-state index is 5.64. The van der Waals surface area contributed by atoms with Crippen molar-refractivity contribution in [3.63, 3.8) is 0 Å². The highest BCUT2D eigenvalue weighted by atomic mass is 15.1. The number of anilines is 1. The van der Waals surface area contributed by atoms with Crippen molar-refractivity contribution in [2.24, 2.45) is 5.73 Å². The zero-order valence-corrected chi connectivity index (χ0v) is 11.5. The summed E-state index contributed by atoms with van der Waals surface area (Å²) in [7, 11) is 4.12. The molecule has 0 unspecified atom stereocenters. The molecule has 0 radical (unpaired) electrons. The predicted octanol–water partition coefficient (Wildman–Crippen LogP) is 1.92. The molecule has 0 aromatic heterocycles. The monoisotopic (exact) mass is 235 g/mol. The van der Waals surface area contributed by atoms with Gasteiger partial charge in [-0.15, -0.1) is 0 Å². The van der Waals surface area contributed by atoms with E-state index in [0.29, 0.717) is 12.6 Å². The van der Waals surface area contributed by atoms with Gasteiger partial charge in [0, 0.05) is 45.5 Å². The van der Waals surface area contributed by atoms with E-state index < -0.39 is 0 Å². The summed E-state index contributed by atoms with van der Waals surface area (Å²) in [4.78, 5) is 4.51. The molecule has 0 amide bonds. The van der Waals surface area contributed by atoms with E-state index in [-0.39, 0.29) is 0 Å². The van der Waals surface area contributed by atoms with Crippen LogP contribution in [0.4, 0.5) is 5.69 Å². The van der Waals surface area contributed by atoms with Crippen molar-refractivity contribution in [2.45, 2.75) is 26.4 Å². The first-order chi connectivity index (χ1) is 8.04. The fourth-order valence-electron chi connectivity index (χ4n) is 1.82. The van der Waals surface area contributed by atoms with Gasteiger partial charge < -0.3 is 10.6 Å². The number of benzene rings is 1. The molecule has 0 aliphatic carbocycles. The molecule has 0 bridgehead atoms. The molecule has 0 aliphatic heterocycles. The van der Waals surface area contributed by atoms with E-state index in [1.54, 1.807) is 0 Å². The molecule has 0 saturated carbocycles. The van der Waals surface area contributed by atoms with E-state index in [2.05, 4.69) is 62.0 Å². The van der Waals surface area contributed by atoms with Crippen LogP contribution in [0.5, 0.6) is 0 Å². The first-order valence-electron chi connectivity index (χ1n) is 6.25. The van der Waals surface area contributed by atoms with Crippen LogP contribution in [0.3, 0.4) is 0 Å². The van der Waals surface area contributed by atoms with E-state index in [9.17, 15) is 0 Å². The minimum Gasteiger partial charge on any atom is -0.378 e. The van der Waals surface area contributed by atoms with Crippen LogP contribution in [0, 0.1) is 0 Å². The Hall–Kier alpha value is -1.06. The summed E-state index contributed by atoms with van der Waals surface area (Å²) >= 11 is 0. The van der Waals surface area contributed by atoms with Crippen LogP contribution < -0.4 is 10.6 Å². The molecule has 0 aliphatic rings. The maximum Gasteiger partial charge on any atom is 0.0361 e. The van der Waals surface area contributed by atoms with Crippen LogP contribution in [-0.2, 0) is 6.54 Å². The van der Waals surface area contributed by atoms with E-state index in [1.807, 2.05) is 0 Å². The Labute approximate surface area is 105 Å². The van der Waals surface area contributed by atoms with Gasteiger partial charge in [0.2, 0.25) is 0 Å². The number of nitrogens with zero attached hydrogens (tertiary/aromatic N) is 2. The minimum atomic E-state index is 0.534. The smallest absolute Gasteiger partial charge is 0.0361 e. The Balaban J connectivity index is 2.66. The Kier molecular flexibility index (Phi) is 5.45. The summed E-state index contributed by atoms with van der Waals surface area (Å²) in [6.07, 6.45) is 0. The van der Waals surface area contributed by atoms with E-state index in [0.717, 1.165) is 13.1 Å². The molecular weight excluding hydrogens is 210 g/mol. The number of hydrogen-bond donors (Lipinski definition) is 1. The van der Waals surface area contributed by atoms with Gasteiger partial charge in [-0.25, -0.2) is 0 Å². The third-order valence-electron chi connectivity index (χ3n) is 2.99. The predicted molar refractivity (Wildman–Crippen MR) is 75.4 cm³/mol. The molecule has 1 aromatic carbocycles. The SMILES string of the molecule is CC(C)N(CCN)Cc1ccc(N(C)C)cc1. The van der Waals surface area contributed by atoms with Gasteiger partial charge in [-0.2, -0.15) is 0 Å². The Bertz CT molecular complexity index is 317. The van der Waals surface area contributed by atoms with Gasteiger partial charge in [0.05, 0.1) is 0 Å². The third-order valence-corrected chi connectivity index (χ3v) is 2.99. The number of hydrogen-bond acceptors (Lipinski definition) is 3. The molecule has 17 heavy (non-hydrogen) atoms. The first-order valence-corrected chi connectivity index (χ1v) is 6.25. The molecule has 0 heterocycles. The lowest BCUT2D eigenvalue weighted by Crippen LogP contribution is -2.34. The van der Waals surface area contributed by atoms with Gasteiger partial charge in [0.15, 0.2) is 0 Å². The van der Waals surface area contributed by atoms with E-state index >= 15 is 0 Å². The zero-order valence-electron chi connectivity index (χ0n) is 11.5. The largest absolute Gasteiger partial charge is 0.378 e. The van der Waals surface area contributed by atoms with Crippen LogP contribution in [-0.4, -0.2) is 38.1 Å².